The smallest absolute Gasteiger partial charge is 0.0896 e. The maximum Gasteiger partial charge on any atom is 0.0896 e. The van der Waals surface area contributed by atoms with Gasteiger partial charge in [0.05, 0.1) is 24.2 Å². The Kier molecular flexibility index (Phi) is 13.9. The van der Waals surface area contributed by atoms with E-state index in [1.54, 1.807) is 55.8 Å². The zero-order valence-corrected chi connectivity index (χ0v) is 24.5. The average Bonchev–Trinajstić information content (AvgIpc) is 2.71. The fourth-order valence-electron chi connectivity index (χ4n) is 9.32. The standard InChI is InChI=1S/C32H60N.BrH/c1-5-13-21-29(22-14-6-1)33(30-23-15-7-2-8-16-24-30,31-25-17-9-3-10-18-26-31)32-27-19-11-4-12-20-28-32;/h29-32H,1-28H2;1H/q+1;/p-1. The van der Waals surface area contributed by atoms with E-state index in [0.29, 0.717) is 0 Å². The lowest BCUT2D eigenvalue weighted by Crippen LogP contribution is -3.00. The molecule has 2 heteroatoms. The zero-order valence-electron chi connectivity index (χ0n) is 22.9. The molecule has 0 aromatic rings. The quantitative estimate of drug-likeness (QED) is 0.331. The number of rotatable bonds is 4. The zero-order chi connectivity index (χ0) is 22.6. The summed E-state index contributed by atoms with van der Waals surface area (Å²) in [6, 6.07) is 4.01. The first-order valence-corrected chi connectivity index (χ1v) is 16.3. The SMILES string of the molecule is C1CCCC([N+](C2CCCCCCC2)(C2CCCCCCC2)C2CCCCCCC2)CCC1.[Br-]. The molecule has 0 aromatic heterocycles. The first-order valence-electron chi connectivity index (χ1n) is 16.3. The van der Waals surface area contributed by atoms with Crippen molar-refractivity contribution in [2.24, 2.45) is 0 Å². The Hall–Kier alpha value is 0.440. The molecule has 0 radical (unpaired) electrons. The predicted molar refractivity (Wildman–Crippen MR) is 145 cm³/mol. The van der Waals surface area contributed by atoms with Gasteiger partial charge in [-0.25, -0.2) is 0 Å². The van der Waals surface area contributed by atoms with Crippen LogP contribution in [-0.2, 0) is 0 Å². The molecule has 0 aromatic carbocycles. The minimum Gasteiger partial charge on any atom is -1.00 e. The second-order valence-electron chi connectivity index (χ2n) is 12.9. The van der Waals surface area contributed by atoms with Gasteiger partial charge in [0.15, 0.2) is 0 Å². The van der Waals surface area contributed by atoms with Crippen LogP contribution >= 0.6 is 0 Å². The fourth-order valence-corrected chi connectivity index (χ4v) is 9.32. The third kappa shape index (κ3) is 7.72. The van der Waals surface area contributed by atoms with E-state index in [4.69, 9.17) is 0 Å². The van der Waals surface area contributed by atoms with Gasteiger partial charge in [0.2, 0.25) is 0 Å². The van der Waals surface area contributed by atoms with Gasteiger partial charge in [-0.1, -0.05) is 77.0 Å². The van der Waals surface area contributed by atoms with Crippen molar-refractivity contribution in [2.75, 3.05) is 0 Å². The van der Waals surface area contributed by atoms with Gasteiger partial charge in [0, 0.05) is 0 Å². The molecular formula is C32H60BrN. The predicted octanol–water partition coefficient (Wildman–Crippen LogP) is 7.26. The normalized spacial score (nSPS) is 27.5. The van der Waals surface area contributed by atoms with E-state index in [2.05, 4.69) is 0 Å². The van der Waals surface area contributed by atoms with Gasteiger partial charge in [-0.3, -0.25) is 0 Å². The maximum absolute atomic E-state index is 1.67. The van der Waals surface area contributed by atoms with Crippen LogP contribution in [0.2, 0.25) is 0 Å². The minimum atomic E-state index is 0. The Morgan fingerprint density at radius 3 is 0.559 bits per heavy atom. The largest absolute Gasteiger partial charge is 1.00 e. The highest BCUT2D eigenvalue weighted by Crippen LogP contribution is 2.46. The van der Waals surface area contributed by atoms with Crippen LogP contribution in [0.4, 0.5) is 0 Å². The van der Waals surface area contributed by atoms with Gasteiger partial charge < -0.3 is 21.5 Å². The third-order valence-electron chi connectivity index (χ3n) is 10.8. The lowest BCUT2D eigenvalue weighted by molar-refractivity contribution is -1.02. The summed E-state index contributed by atoms with van der Waals surface area (Å²) in [4.78, 5) is 0. The third-order valence-corrected chi connectivity index (χ3v) is 10.8. The Morgan fingerprint density at radius 1 is 0.235 bits per heavy atom. The molecular weight excluding hydrogens is 478 g/mol. The number of hydrogen-bond acceptors (Lipinski definition) is 0. The molecule has 0 aliphatic heterocycles. The van der Waals surface area contributed by atoms with E-state index in [9.17, 15) is 0 Å². The molecule has 34 heavy (non-hydrogen) atoms. The molecule has 0 N–H and O–H groups in total. The summed E-state index contributed by atoms with van der Waals surface area (Å²) < 4.78 is 1.67. The molecule has 0 amide bonds. The fraction of sp³-hybridized carbons (Fsp3) is 1.00. The van der Waals surface area contributed by atoms with Crippen molar-refractivity contribution >= 4 is 0 Å². The van der Waals surface area contributed by atoms with E-state index in [1.807, 2.05) is 0 Å². The van der Waals surface area contributed by atoms with Gasteiger partial charge >= 0.3 is 0 Å². The van der Waals surface area contributed by atoms with Crippen molar-refractivity contribution in [3.05, 3.63) is 0 Å². The molecule has 4 aliphatic rings. The molecule has 4 aliphatic carbocycles. The van der Waals surface area contributed by atoms with Gasteiger partial charge in [-0.05, 0) is 103 Å². The van der Waals surface area contributed by atoms with Gasteiger partial charge in [-0.15, -0.1) is 0 Å². The van der Waals surface area contributed by atoms with Crippen molar-refractivity contribution in [3.8, 4) is 0 Å². The Bertz CT molecular complexity index is 394. The Balaban J connectivity index is 0.00000324. The lowest BCUT2D eigenvalue weighted by atomic mass is 9.78. The van der Waals surface area contributed by atoms with Crippen molar-refractivity contribution in [1.29, 1.82) is 0 Å². The number of halogens is 1. The van der Waals surface area contributed by atoms with E-state index in [1.165, 1.54) is 128 Å². The summed E-state index contributed by atoms with van der Waals surface area (Å²) in [6.07, 6.45) is 43.2. The van der Waals surface area contributed by atoms with Crippen molar-refractivity contribution in [1.82, 2.24) is 0 Å². The van der Waals surface area contributed by atoms with E-state index in [0.717, 1.165) is 24.2 Å². The minimum absolute atomic E-state index is 0. The number of nitrogens with zero attached hydrogens (tertiary/aromatic N) is 1. The molecule has 4 saturated carbocycles. The van der Waals surface area contributed by atoms with Crippen LogP contribution in [0.3, 0.4) is 0 Å². The van der Waals surface area contributed by atoms with Crippen LogP contribution in [0.15, 0.2) is 0 Å². The second-order valence-corrected chi connectivity index (χ2v) is 12.9. The molecule has 0 unspecified atom stereocenters. The summed E-state index contributed by atoms with van der Waals surface area (Å²) in [5.74, 6) is 0. The summed E-state index contributed by atoms with van der Waals surface area (Å²) in [7, 11) is 0. The molecule has 200 valence electrons. The summed E-state index contributed by atoms with van der Waals surface area (Å²) >= 11 is 0. The van der Waals surface area contributed by atoms with Crippen molar-refractivity contribution in [3.63, 3.8) is 0 Å². The Labute approximate surface area is 225 Å². The molecule has 0 bridgehead atoms. The first kappa shape index (κ1) is 29.0. The Morgan fingerprint density at radius 2 is 0.382 bits per heavy atom. The van der Waals surface area contributed by atoms with E-state index < -0.39 is 0 Å². The number of hydrogen-bond donors (Lipinski definition) is 0. The second kappa shape index (κ2) is 16.3. The molecule has 0 spiro atoms. The molecule has 0 saturated heterocycles. The monoisotopic (exact) mass is 537 g/mol. The van der Waals surface area contributed by atoms with Crippen molar-refractivity contribution in [2.45, 2.75) is 204 Å². The van der Waals surface area contributed by atoms with Gasteiger partial charge in [0.1, 0.15) is 0 Å². The average molecular weight is 539 g/mol. The highest BCUT2D eigenvalue weighted by atomic mass is 79.9. The lowest BCUT2D eigenvalue weighted by Gasteiger charge is -2.60. The number of quaternary nitrogens is 1. The van der Waals surface area contributed by atoms with Crippen LogP contribution in [0.1, 0.15) is 180 Å². The maximum atomic E-state index is 1.67. The highest BCUT2D eigenvalue weighted by Gasteiger charge is 2.52. The molecule has 4 rings (SSSR count). The van der Waals surface area contributed by atoms with E-state index in [-0.39, 0.29) is 17.0 Å². The van der Waals surface area contributed by atoms with E-state index >= 15 is 0 Å². The van der Waals surface area contributed by atoms with Crippen LogP contribution in [0.25, 0.3) is 0 Å². The summed E-state index contributed by atoms with van der Waals surface area (Å²) in [5.41, 5.74) is 0. The molecule has 0 atom stereocenters. The highest BCUT2D eigenvalue weighted by molar-refractivity contribution is 4.83. The van der Waals surface area contributed by atoms with Crippen LogP contribution in [-0.4, -0.2) is 28.7 Å². The summed E-state index contributed by atoms with van der Waals surface area (Å²) in [5, 5.41) is 0. The van der Waals surface area contributed by atoms with Crippen LogP contribution < -0.4 is 17.0 Å². The van der Waals surface area contributed by atoms with Crippen LogP contribution in [0.5, 0.6) is 0 Å². The first-order chi connectivity index (χ1) is 16.4. The van der Waals surface area contributed by atoms with Gasteiger partial charge in [-0.2, -0.15) is 0 Å². The molecule has 1 nitrogen and oxygen atoms in total. The topological polar surface area (TPSA) is 0 Å². The van der Waals surface area contributed by atoms with Crippen molar-refractivity contribution < 1.29 is 21.5 Å². The van der Waals surface area contributed by atoms with Crippen LogP contribution in [0, 0.1) is 0 Å². The van der Waals surface area contributed by atoms with Gasteiger partial charge in [0.25, 0.3) is 0 Å². The molecule has 0 heterocycles. The summed E-state index contributed by atoms with van der Waals surface area (Å²) in [6.45, 7) is 0. The molecule has 4 fully saturated rings.